The van der Waals surface area contributed by atoms with Crippen LogP contribution < -0.4 is 5.32 Å². The van der Waals surface area contributed by atoms with Crippen LogP contribution >= 0.6 is 23.5 Å². The van der Waals surface area contributed by atoms with Gasteiger partial charge in [-0.25, -0.2) is 0 Å². The number of hydrogen-bond acceptors (Lipinski definition) is 6. The molecule has 0 bridgehead atoms. The SMILES string of the molecule is COCCSCCNC(=C[N+](=O)[O-])SC. The highest BCUT2D eigenvalue weighted by Crippen LogP contribution is 2.07. The zero-order valence-electron chi connectivity index (χ0n) is 8.89. The lowest BCUT2D eigenvalue weighted by Crippen LogP contribution is -2.16. The van der Waals surface area contributed by atoms with E-state index < -0.39 is 4.92 Å². The van der Waals surface area contributed by atoms with Gasteiger partial charge in [-0.05, 0) is 6.26 Å². The molecule has 0 heterocycles. The van der Waals surface area contributed by atoms with Crippen molar-refractivity contribution in [2.45, 2.75) is 0 Å². The predicted octanol–water partition coefficient (Wildman–Crippen LogP) is 1.39. The van der Waals surface area contributed by atoms with E-state index in [0.29, 0.717) is 5.03 Å². The highest BCUT2D eigenvalue weighted by molar-refractivity contribution is 8.02. The summed E-state index contributed by atoms with van der Waals surface area (Å²) in [5.41, 5.74) is 0. The Morgan fingerprint density at radius 3 is 2.87 bits per heavy atom. The first-order valence-electron chi connectivity index (χ1n) is 4.40. The first kappa shape index (κ1) is 14.6. The van der Waals surface area contributed by atoms with Crippen LogP contribution in [-0.4, -0.2) is 42.9 Å². The van der Waals surface area contributed by atoms with Crippen molar-refractivity contribution in [1.29, 1.82) is 0 Å². The van der Waals surface area contributed by atoms with Gasteiger partial charge in [-0.1, -0.05) is 0 Å². The van der Waals surface area contributed by atoms with Gasteiger partial charge < -0.3 is 10.1 Å². The Bertz CT molecular complexity index is 212. The lowest BCUT2D eigenvalue weighted by atomic mass is 10.7. The number of nitrogens with one attached hydrogen (secondary N) is 1. The van der Waals surface area contributed by atoms with E-state index in [1.807, 2.05) is 0 Å². The molecule has 0 aliphatic carbocycles. The number of nitrogens with zero attached hydrogens (tertiary/aromatic N) is 1. The average molecular weight is 252 g/mol. The molecule has 0 unspecified atom stereocenters. The molecule has 0 aliphatic heterocycles. The highest BCUT2D eigenvalue weighted by Gasteiger charge is 1.99. The summed E-state index contributed by atoms with van der Waals surface area (Å²) < 4.78 is 4.90. The number of nitro groups is 1. The molecule has 0 aromatic carbocycles. The fourth-order valence-electron chi connectivity index (χ4n) is 0.757. The molecule has 0 radical (unpaired) electrons. The number of hydrogen-bond donors (Lipinski definition) is 1. The van der Waals surface area contributed by atoms with Gasteiger partial charge in [0.25, 0.3) is 6.20 Å². The Labute approximate surface area is 98.2 Å². The second-order valence-corrected chi connectivity index (χ2v) is 4.59. The Kier molecular flexibility index (Phi) is 9.86. The van der Waals surface area contributed by atoms with Crippen molar-refractivity contribution < 1.29 is 9.66 Å². The van der Waals surface area contributed by atoms with Crippen molar-refractivity contribution in [2.24, 2.45) is 0 Å². The standard InChI is InChI=1S/C8H16N2O3S2/c1-13-4-6-15-5-3-9-8(14-2)7-10(11)12/h7,9H,3-6H2,1-2H3. The molecule has 0 rings (SSSR count). The smallest absolute Gasteiger partial charge is 0.263 e. The van der Waals surface area contributed by atoms with E-state index in [-0.39, 0.29) is 0 Å². The van der Waals surface area contributed by atoms with Crippen LogP contribution in [-0.2, 0) is 4.74 Å². The molecule has 5 nitrogen and oxygen atoms in total. The van der Waals surface area contributed by atoms with Crippen LogP contribution in [0.3, 0.4) is 0 Å². The Morgan fingerprint density at radius 1 is 1.60 bits per heavy atom. The molecule has 88 valence electrons. The van der Waals surface area contributed by atoms with Crippen molar-refractivity contribution >= 4 is 23.5 Å². The van der Waals surface area contributed by atoms with E-state index in [4.69, 9.17) is 4.74 Å². The number of methoxy groups -OCH3 is 1. The summed E-state index contributed by atoms with van der Waals surface area (Å²) in [6.45, 7) is 1.47. The Morgan fingerprint density at radius 2 is 2.33 bits per heavy atom. The van der Waals surface area contributed by atoms with Crippen molar-refractivity contribution in [3.63, 3.8) is 0 Å². The van der Waals surface area contributed by atoms with Gasteiger partial charge in [0.2, 0.25) is 0 Å². The predicted molar refractivity (Wildman–Crippen MR) is 65.8 cm³/mol. The number of ether oxygens (including phenoxy) is 1. The van der Waals surface area contributed by atoms with Gasteiger partial charge in [0.1, 0.15) is 5.03 Å². The minimum absolute atomic E-state index is 0.448. The van der Waals surface area contributed by atoms with E-state index in [9.17, 15) is 10.1 Å². The second-order valence-electron chi connectivity index (χ2n) is 2.51. The average Bonchev–Trinajstić information content (AvgIpc) is 2.20. The first-order chi connectivity index (χ1) is 7.20. The lowest BCUT2D eigenvalue weighted by Gasteiger charge is -2.05. The Balaban J connectivity index is 3.51. The van der Waals surface area contributed by atoms with Crippen LogP contribution in [0.25, 0.3) is 0 Å². The molecule has 0 aliphatic rings. The molecule has 0 fully saturated rings. The van der Waals surface area contributed by atoms with E-state index in [1.54, 1.807) is 25.1 Å². The minimum atomic E-state index is -0.448. The van der Waals surface area contributed by atoms with Crippen LogP contribution in [0.1, 0.15) is 0 Å². The number of rotatable bonds is 9. The topological polar surface area (TPSA) is 64.4 Å². The van der Waals surface area contributed by atoms with Gasteiger partial charge in [0, 0.05) is 25.2 Å². The molecule has 0 spiro atoms. The van der Waals surface area contributed by atoms with Gasteiger partial charge in [0.15, 0.2) is 0 Å². The van der Waals surface area contributed by atoms with Crippen LogP contribution in [0.2, 0.25) is 0 Å². The third kappa shape index (κ3) is 9.89. The van der Waals surface area contributed by atoms with Crippen LogP contribution in [0, 0.1) is 10.1 Å². The molecule has 0 aromatic heterocycles. The van der Waals surface area contributed by atoms with Crippen molar-refractivity contribution in [3.8, 4) is 0 Å². The fourth-order valence-corrected chi connectivity index (χ4v) is 1.93. The molecule has 0 saturated carbocycles. The molecule has 0 atom stereocenters. The van der Waals surface area contributed by atoms with Crippen molar-refractivity contribution in [2.75, 3.05) is 38.0 Å². The van der Waals surface area contributed by atoms with Gasteiger partial charge in [0.05, 0.1) is 11.5 Å². The molecular formula is C8H16N2O3S2. The zero-order chi connectivity index (χ0) is 11.5. The first-order valence-corrected chi connectivity index (χ1v) is 6.78. The summed E-state index contributed by atoms with van der Waals surface area (Å²) in [7, 11) is 1.67. The maximum absolute atomic E-state index is 10.2. The summed E-state index contributed by atoms with van der Waals surface area (Å²) >= 11 is 3.10. The maximum atomic E-state index is 10.2. The van der Waals surface area contributed by atoms with Gasteiger partial charge >= 0.3 is 0 Å². The molecule has 15 heavy (non-hydrogen) atoms. The van der Waals surface area contributed by atoms with Gasteiger partial charge in [-0.3, -0.25) is 10.1 Å². The summed E-state index contributed by atoms with van der Waals surface area (Å²) in [6.07, 6.45) is 2.80. The van der Waals surface area contributed by atoms with Crippen LogP contribution in [0.15, 0.2) is 11.2 Å². The normalized spacial score (nSPS) is 11.5. The summed E-state index contributed by atoms with van der Waals surface area (Å²) in [5, 5.41) is 13.8. The van der Waals surface area contributed by atoms with Crippen LogP contribution in [0.5, 0.6) is 0 Å². The van der Waals surface area contributed by atoms with E-state index in [2.05, 4.69) is 5.32 Å². The maximum Gasteiger partial charge on any atom is 0.263 e. The zero-order valence-corrected chi connectivity index (χ0v) is 10.5. The summed E-state index contributed by atoms with van der Waals surface area (Å²) in [4.78, 5) is 9.75. The fraction of sp³-hybridized carbons (Fsp3) is 0.750. The highest BCUT2D eigenvalue weighted by atomic mass is 32.2. The molecule has 7 heteroatoms. The van der Waals surface area contributed by atoms with E-state index in [1.165, 1.54) is 11.8 Å². The third-order valence-corrected chi connectivity index (χ3v) is 3.06. The van der Waals surface area contributed by atoms with Gasteiger partial charge in [-0.15, -0.1) is 11.8 Å². The Hall–Kier alpha value is -0.400. The van der Waals surface area contributed by atoms with Crippen molar-refractivity contribution in [1.82, 2.24) is 5.32 Å². The third-order valence-electron chi connectivity index (χ3n) is 1.42. The largest absolute Gasteiger partial charge is 0.384 e. The molecule has 0 saturated heterocycles. The van der Waals surface area contributed by atoms with Crippen molar-refractivity contribution in [3.05, 3.63) is 21.3 Å². The number of thioether (sulfide) groups is 2. The summed E-state index contributed by atoms with van der Waals surface area (Å²) in [5.74, 6) is 1.87. The summed E-state index contributed by atoms with van der Waals surface area (Å²) in [6, 6.07) is 0. The van der Waals surface area contributed by atoms with Crippen LogP contribution in [0.4, 0.5) is 0 Å². The molecular weight excluding hydrogens is 236 g/mol. The monoisotopic (exact) mass is 252 g/mol. The quantitative estimate of drug-likeness (QED) is 0.380. The van der Waals surface area contributed by atoms with E-state index >= 15 is 0 Å². The molecule has 1 N–H and O–H groups in total. The second kappa shape index (κ2) is 10.1. The molecule has 0 amide bonds. The molecule has 0 aromatic rings. The van der Waals surface area contributed by atoms with Gasteiger partial charge in [-0.2, -0.15) is 11.8 Å². The minimum Gasteiger partial charge on any atom is -0.384 e. The lowest BCUT2D eigenvalue weighted by molar-refractivity contribution is -0.403. The van der Waals surface area contributed by atoms with E-state index in [0.717, 1.165) is 30.9 Å².